The smallest absolute Gasteiger partial charge is 0.232 e. The fourth-order valence-electron chi connectivity index (χ4n) is 1.83. The first-order valence-electron chi connectivity index (χ1n) is 6.41. The summed E-state index contributed by atoms with van der Waals surface area (Å²) in [4.78, 5) is 14.2. The number of hydrogen-bond donors (Lipinski definition) is 1. The van der Waals surface area contributed by atoms with Gasteiger partial charge in [0.2, 0.25) is 5.91 Å². The van der Waals surface area contributed by atoms with Crippen LogP contribution in [0, 0.1) is 5.41 Å². The van der Waals surface area contributed by atoms with Gasteiger partial charge in [-0.1, -0.05) is 38.4 Å². The summed E-state index contributed by atoms with van der Waals surface area (Å²) in [6.07, 6.45) is 0. The number of carbonyl (C=O) groups is 1. The molecule has 0 heterocycles. The van der Waals surface area contributed by atoms with Gasteiger partial charge in [-0.25, -0.2) is 0 Å². The van der Waals surface area contributed by atoms with Gasteiger partial charge in [-0.15, -0.1) is 0 Å². The molecule has 0 atom stereocenters. The predicted molar refractivity (Wildman–Crippen MR) is 79.5 cm³/mol. The summed E-state index contributed by atoms with van der Waals surface area (Å²) in [6.45, 7) is 9.52. The summed E-state index contributed by atoms with van der Waals surface area (Å²) >= 11 is 6.24. The Balaban J connectivity index is 3.25. The van der Waals surface area contributed by atoms with Crippen molar-refractivity contribution < 1.29 is 9.90 Å². The Bertz CT molecular complexity index is 464. The Morgan fingerprint density at radius 3 is 2.32 bits per heavy atom. The number of aliphatic hydroxyl groups is 1. The third-order valence-electron chi connectivity index (χ3n) is 2.83. The molecule has 1 rings (SSSR count). The molecule has 0 saturated carbocycles. The number of carbonyl (C=O) groups excluding carboxylic acids is 1. The molecule has 19 heavy (non-hydrogen) atoms. The number of benzene rings is 1. The van der Waals surface area contributed by atoms with Crippen molar-refractivity contribution in [2.24, 2.45) is 5.41 Å². The van der Waals surface area contributed by atoms with Crippen molar-refractivity contribution in [3.05, 3.63) is 28.8 Å². The molecule has 0 aromatic heterocycles. The zero-order chi connectivity index (χ0) is 14.8. The van der Waals surface area contributed by atoms with Crippen molar-refractivity contribution in [3.63, 3.8) is 0 Å². The zero-order valence-electron chi connectivity index (χ0n) is 12.2. The number of amides is 1. The molecule has 4 heteroatoms. The number of hydrogen-bond acceptors (Lipinski definition) is 2. The Morgan fingerprint density at radius 2 is 1.95 bits per heavy atom. The molecule has 1 N–H and O–H groups in total. The summed E-state index contributed by atoms with van der Waals surface area (Å²) < 4.78 is 0. The fourth-order valence-corrected chi connectivity index (χ4v) is 2.12. The third-order valence-corrected chi connectivity index (χ3v) is 3.13. The molecule has 0 saturated heterocycles. The Morgan fingerprint density at radius 1 is 1.37 bits per heavy atom. The molecule has 0 aliphatic heterocycles. The van der Waals surface area contributed by atoms with E-state index in [4.69, 9.17) is 16.7 Å². The third kappa shape index (κ3) is 3.71. The van der Waals surface area contributed by atoms with E-state index in [0.29, 0.717) is 10.7 Å². The topological polar surface area (TPSA) is 40.5 Å². The summed E-state index contributed by atoms with van der Waals surface area (Å²) in [5.74, 6) is 0.0288. The lowest BCUT2D eigenvalue weighted by atomic mass is 9.93. The van der Waals surface area contributed by atoms with Crippen LogP contribution < -0.4 is 4.90 Å². The highest BCUT2D eigenvalue weighted by atomic mass is 35.5. The molecule has 1 aromatic rings. The average molecular weight is 284 g/mol. The van der Waals surface area contributed by atoms with Crippen LogP contribution in [0.2, 0.25) is 5.02 Å². The first-order chi connectivity index (χ1) is 8.68. The van der Waals surface area contributed by atoms with Gasteiger partial charge in [-0.3, -0.25) is 4.79 Å². The van der Waals surface area contributed by atoms with Crippen LogP contribution in [0.4, 0.5) is 5.69 Å². The van der Waals surface area contributed by atoms with Crippen LogP contribution >= 0.6 is 11.6 Å². The maximum absolute atomic E-state index is 12.5. The fraction of sp³-hybridized carbons (Fsp3) is 0.533. The quantitative estimate of drug-likeness (QED) is 0.920. The number of nitrogens with zero attached hydrogens (tertiary/aromatic N) is 1. The molecule has 1 amide bonds. The van der Waals surface area contributed by atoms with Crippen molar-refractivity contribution in [3.8, 4) is 0 Å². The van der Waals surface area contributed by atoms with Gasteiger partial charge in [0.15, 0.2) is 0 Å². The van der Waals surface area contributed by atoms with E-state index in [1.54, 1.807) is 23.1 Å². The van der Waals surface area contributed by atoms with Crippen molar-refractivity contribution >= 4 is 23.2 Å². The van der Waals surface area contributed by atoms with E-state index in [9.17, 15) is 4.79 Å². The first kappa shape index (κ1) is 16.0. The number of anilines is 1. The van der Waals surface area contributed by atoms with Crippen molar-refractivity contribution in [2.75, 3.05) is 4.90 Å². The standard InChI is InChI=1S/C15H22ClNO2/c1-10(2)17(14(19)15(3,4)5)13-7-6-11(9-18)8-12(13)16/h6-8,10,18H,9H2,1-5H3. The number of aliphatic hydroxyl groups excluding tert-OH is 1. The van der Waals surface area contributed by atoms with E-state index in [1.165, 1.54) is 0 Å². The van der Waals surface area contributed by atoms with E-state index < -0.39 is 5.41 Å². The molecular weight excluding hydrogens is 262 g/mol. The van der Waals surface area contributed by atoms with Gasteiger partial charge in [-0.2, -0.15) is 0 Å². The van der Waals surface area contributed by atoms with Crippen LogP contribution in [0.25, 0.3) is 0 Å². The second-order valence-corrected chi connectivity index (χ2v) is 6.37. The van der Waals surface area contributed by atoms with Crippen LogP contribution in [0.15, 0.2) is 18.2 Å². The SMILES string of the molecule is CC(C)N(C(=O)C(C)(C)C)c1ccc(CO)cc1Cl. The molecule has 1 aromatic carbocycles. The summed E-state index contributed by atoms with van der Waals surface area (Å²) in [7, 11) is 0. The number of halogens is 1. The van der Waals surface area contributed by atoms with Crippen LogP contribution in [0.3, 0.4) is 0 Å². The van der Waals surface area contributed by atoms with Crippen molar-refractivity contribution in [1.82, 2.24) is 0 Å². The second kappa shape index (κ2) is 5.93. The van der Waals surface area contributed by atoms with Crippen LogP contribution in [0.1, 0.15) is 40.2 Å². The Labute approximate surface area is 120 Å². The van der Waals surface area contributed by atoms with Crippen LogP contribution in [-0.4, -0.2) is 17.1 Å². The Hall–Kier alpha value is -1.06. The molecule has 0 unspecified atom stereocenters. The summed E-state index contributed by atoms with van der Waals surface area (Å²) in [5, 5.41) is 9.58. The lowest BCUT2D eigenvalue weighted by molar-refractivity contribution is -0.126. The molecule has 0 aliphatic carbocycles. The van der Waals surface area contributed by atoms with Crippen LogP contribution in [-0.2, 0) is 11.4 Å². The lowest BCUT2D eigenvalue weighted by Crippen LogP contribution is -2.44. The molecule has 0 radical (unpaired) electrons. The average Bonchev–Trinajstić information content (AvgIpc) is 2.29. The highest BCUT2D eigenvalue weighted by Gasteiger charge is 2.30. The molecular formula is C15H22ClNO2. The zero-order valence-corrected chi connectivity index (χ0v) is 13.0. The van der Waals surface area contributed by atoms with Crippen molar-refractivity contribution in [2.45, 2.75) is 47.3 Å². The minimum Gasteiger partial charge on any atom is -0.392 e. The van der Waals surface area contributed by atoms with Gasteiger partial charge in [-0.05, 0) is 31.5 Å². The summed E-state index contributed by atoms with van der Waals surface area (Å²) in [5.41, 5.74) is 0.956. The van der Waals surface area contributed by atoms with E-state index in [1.807, 2.05) is 34.6 Å². The molecule has 0 aliphatic rings. The van der Waals surface area contributed by atoms with Gasteiger partial charge in [0.25, 0.3) is 0 Å². The van der Waals surface area contributed by atoms with E-state index in [-0.39, 0.29) is 18.6 Å². The lowest BCUT2D eigenvalue weighted by Gasteiger charge is -2.33. The highest BCUT2D eigenvalue weighted by molar-refractivity contribution is 6.34. The second-order valence-electron chi connectivity index (χ2n) is 5.96. The monoisotopic (exact) mass is 283 g/mol. The molecule has 0 spiro atoms. The largest absolute Gasteiger partial charge is 0.392 e. The minimum absolute atomic E-state index is 0.0178. The van der Waals surface area contributed by atoms with E-state index in [0.717, 1.165) is 5.56 Å². The summed E-state index contributed by atoms with van der Waals surface area (Å²) in [6, 6.07) is 5.29. The molecule has 0 bridgehead atoms. The predicted octanol–water partition coefficient (Wildman–Crippen LogP) is 3.62. The highest BCUT2D eigenvalue weighted by Crippen LogP contribution is 2.32. The van der Waals surface area contributed by atoms with E-state index >= 15 is 0 Å². The van der Waals surface area contributed by atoms with Crippen LogP contribution in [0.5, 0.6) is 0 Å². The van der Waals surface area contributed by atoms with E-state index in [2.05, 4.69) is 0 Å². The number of rotatable bonds is 3. The van der Waals surface area contributed by atoms with Gasteiger partial charge < -0.3 is 10.0 Å². The molecule has 106 valence electrons. The first-order valence-corrected chi connectivity index (χ1v) is 6.79. The molecule has 3 nitrogen and oxygen atoms in total. The maximum Gasteiger partial charge on any atom is 0.232 e. The van der Waals surface area contributed by atoms with Crippen molar-refractivity contribution in [1.29, 1.82) is 0 Å². The van der Waals surface area contributed by atoms with Gasteiger partial charge in [0, 0.05) is 11.5 Å². The van der Waals surface area contributed by atoms with Gasteiger partial charge in [0.05, 0.1) is 17.3 Å². The minimum atomic E-state index is -0.469. The molecule has 0 fully saturated rings. The van der Waals surface area contributed by atoms with Gasteiger partial charge >= 0.3 is 0 Å². The van der Waals surface area contributed by atoms with Gasteiger partial charge in [0.1, 0.15) is 0 Å². The maximum atomic E-state index is 12.5. The Kier molecular flexibility index (Phi) is 4.99. The normalized spacial score (nSPS) is 11.8.